The Morgan fingerprint density at radius 1 is 1.35 bits per heavy atom. The molecule has 1 aromatic carbocycles. The first-order valence-electron chi connectivity index (χ1n) is 7.47. The number of nitrogens with zero attached hydrogens (tertiary/aromatic N) is 1. The van der Waals surface area contributed by atoms with Gasteiger partial charge in [0.25, 0.3) is 0 Å². The van der Waals surface area contributed by atoms with Gasteiger partial charge >= 0.3 is 0 Å². The minimum absolute atomic E-state index is 0.0854. The van der Waals surface area contributed by atoms with Gasteiger partial charge in [-0.3, -0.25) is 4.79 Å². The van der Waals surface area contributed by atoms with E-state index >= 15 is 0 Å². The standard InChI is InChI=1S/C16H22N2O2/c19-8-6-12-5-7-18(11-12)16(20)15-9-13-3-1-2-4-14(13)10-17-15/h1-4,12,15,17,19H,5-11H2. The molecule has 1 aromatic rings. The Morgan fingerprint density at radius 3 is 2.95 bits per heavy atom. The summed E-state index contributed by atoms with van der Waals surface area (Å²) in [6, 6.07) is 8.24. The summed E-state index contributed by atoms with van der Waals surface area (Å²) >= 11 is 0. The smallest absolute Gasteiger partial charge is 0.240 e. The average Bonchev–Trinajstić information content (AvgIpc) is 2.95. The van der Waals surface area contributed by atoms with Crippen LogP contribution in [0.25, 0.3) is 0 Å². The Balaban J connectivity index is 1.62. The molecule has 1 fully saturated rings. The number of nitrogens with one attached hydrogen (secondary N) is 1. The minimum Gasteiger partial charge on any atom is -0.396 e. The molecule has 1 saturated heterocycles. The Bertz CT molecular complexity index is 489. The molecule has 0 radical (unpaired) electrons. The lowest BCUT2D eigenvalue weighted by Crippen LogP contribution is -2.48. The molecule has 3 rings (SSSR count). The number of fused-ring (bicyclic) bond motifs is 1. The maximum Gasteiger partial charge on any atom is 0.240 e. The van der Waals surface area contributed by atoms with Crippen molar-refractivity contribution in [2.45, 2.75) is 31.8 Å². The lowest BCUT2D eigenvalue weighted by atomic mass is 9.95. The molecule has 2 heterocycles. The molecular weight excluding hydrogens is 252 g/mol. The molecule has 2 unspecified atom stereocenters. The lowest BCUT2D eigenvalue weighted by molar-refractivity contribution is -0.132. The van der Waals surface area contributed by atoms with Crippen molar-refractivity contribution in [3.63, 3.8) is 0 Å². The van der Waals surface area contributed by atoms with Crippen molar-refractivity contribution in [3.05, 3.63) is 35.4 Å². The second-order valence-corrected chi connectivity index (χ2v) is 5.86. The number of benzene rings is 1. The van der Waals surface area contributed by atoms with Crippen molar-refractivity contribution in [2.75, 3.05) is 19.7 Å². The molecule has 108 valence electrons. The molecule has 2 aliphatic rings. The molecule has 0 saturated carbocycles. The first-order valence-corrected chi connectivity index (χ1v) is 7.47. The summed E-state index contributed by atoms with van der Waals surface area (Å²) in [4.78, 5) is 14.5. The van der Waals surface area contributed by atoms with Gasteiger partial charge < -0.3 is 15.3 Å². The number of amides is 1. The summed E-state index contributed by atoms with van der Waals surface area (Å²) in [5.74, 6) is 0.694. The van der Waals surface area contributed by atoms with Crippen LogP contribution in [-0.2, 0) is 17.8 Å². The van der Waals surface area contributed by atoms with Gasteiger partial charge in [0.2, 0.25) is 5.91 Å². The van der Waals surface area contributed by atoms with Crippen molar-refractivity contribution in [3.8, 4) is 0 Å². The van der Waals surface area contributed by atoms with E-state index in [-0.39, 0.29) is 18.6 Å². The lowest BCUT2D eigenvalue weighted by Gasteiger charge is -2.29. The van der Waals surface area contributed by atoms with Gasteiger partial charge in [-0.05, 0) is 36.3 Å². The van der Waals surface area contributed by atoms with E-state index in [9.17, 15) is 4.79 Å². The zero-order valence-corrected chi connectivity index (χ0v) is 11.7. The van der Waals surface area contributed by atoms with E-state index < -0.39 is 0 Å². The molecule has 0 aliphatic carbocycles. The van der Waals surface area contributed by atoms with Gasteiger partial charge in [0.15, 0.2) is 0 Å². The van der Waals surface area contributed by atoms with Crippen molar-refractivity contribution in [2.24, 2.45) is 5.92 Å². The van der Waals surface area contributed by atoms with Gasteiger partial charge in [0.1, 0.15) is 0 Å². The Kier molecular flexibility index (Phi) is 4.03. The number of carbonyl (C=O) groups excluding carboxylic acids is 1. The highest BCUT2D eigenvalue weighted by Gasteiger charge is 2.32. The molecule has 0 aromatic heterocycles. The van der Waals surface area contributed by atoms with Crippen LogP contribution in [0, 0.1) is 5.92 Å². The second-order valence-electron chi connectivity index (χ2n) is 5.86. The normalized spacial score (nSPS) is 25.6. The first-order chi connectivity index (χ1) is 9.78. The first kappa shape index (κ1) is 13.6. The fourth-order valence-electron chi connectivity index (χ4n) is 3.30. The van der Waals surface area contributed by atoms with Gasteiger partial charge in [0.05, 0.1) is 6.04 Å². The second kappa shape index (κ2) is 5.94. The van der Waals surface area contributed by atoms with E-state index in [2.05, 4.69) is 17.4 Å². The van der Waals surface area contributed by atoms with Crippen LogP contribution in [0.5, 0.6) is 0 Å². The predicted octanol–water partition coefficient (Wildman–Crippen LogP) is 0.932. The fourth-order valence-corrected chi connectivity index (χ4v) is 3.30. The summed E-state index contributed by atoms with van der Waals surface area (Å²) in [7, 11) is 0. The number of carbonyl (C=O) groups is 1. The number of hydrogen-bond acceptors (Lipinski definition) is 3. The topological polar surface area (TPSA) is 52.6 Å². The summed E-state index contributed by atoms with van der Waals surface area (Å²) in [5, 5.41) is 12.4. The molecule has 4 nitrogen and oxygen atoms in total. The molecule has 20 heavy (non-hydrogen) atoms. The highest BCUT2D eigenvalue weighted by Crippen LogP contribution is 2.22. The number of rotatable bonds is 3. The van der Waals surface area contributed by atoms with Crippen molar-refractivity contribution in [1.82, 2.24) is 10.2 Å². The molecule has 1 amide bonds. The molecule has 2 N–H and O–H groups in total. The Hall–Kier alpha value is -1.39. The molecule has 0 bridgehead atoms. The van der Waals surface area contributed by atoms with Gasteiger partial charge in [-0.1, -0.05) is 24.3 Å². The average molecular weight is 274 g/mol. The molecule has 2 atom stereocenters. The van der Waals surface area contributed by atoms with Crippen LogP contribution in [0.1, 0.15) is 24.0 Å². The number of likely N-dealkylation sites (tertiary alicyclic amines) is 1. The van der Waals surface area contributed by atoms with E-state index in [1.807, 2.05) is 17.0 Å². The van der Waals surface area contributed by atoms with Gasteiger partial charge in [-0.25, -0.2) is 0 Å². The fraction of sp³-hybridized carbons (Fsp3) is 0.562. The zero-order chi connectivity index (χ0) is 13.9. The van der Waals surface area contributed by atoms with Gasteiger partial charge in [-0.2, -0.15) is 0 Å². The summed E-state index contributed by atoms with van der Waals surface area (Å²) in [5.41, 5.74) is 2.59. The van der Waals surface area contributed by atoms with Crippen molar-refractivity contribution in [1.29, 1.82) is 0 Å². The van der Waals surface area contributed by atoms with Crippen molar-refractivity contribution >= 4 is 5.91 Å². The summed E-state index contributed by atoms with van der Waals surface area (Å²) < 4.78 is 0. The largest absolute Gasteiger partial charge is 0.396 e. The van der Waals surface area contributed by atoms with Crippen LogP contribution < -0.4 is 5.32 Å². The zero-order valence-electron chi connectivity index (χ0n) is 11.7. The van der Waals surface area contributed by atoms with Crippen LogP contribution in [-0.4, -0.2) is 41.7 Å². The molecule has 4 heteroatoms. The quantitative estimate of drug-likeness (QED) is 0.862. The van der Waals surface area contributed by atoms with Crippen LogP contribution in [0.3, 0.4) is 0 Å². The van der Waals surface area contributed by atoms with Crippen LogP contribution in [0.2, 0.25) is 0 Å². The van der Waals surface area contributed by atoms with E-state index in [4.69, 9.17) is 5.11 Å². The van der Waals surface area contributed by atoms with Crippen LogP contribution in [0.15, 0.2) is 24.3 Å². The molecule has 0 spiro atoms. The van der Waals surface area contributed by atoms with Crippen molar-refractivity contribution < 1.29 is 9.90 Å². The van der Waals surface area contributed by atoms with Gasteiger partial charge in [-0.15, -0.1) is 0 Å². The van der Waals surface area contributed by atoms with Crippen LogP contribution in [0.4, 0.5) is 0 Å². The third-order valence-electron chi connectivity index (χ3n) is 4.51. The molecular formula is C16H22N2O2. The summed E-state index contributed by atoms with van der Waals surface area (Å²) in [6.07, 6.45) is 2.62. The van der Waals surface area contributed by atoms with E-state index in [1.165, 1.54) is 11.1 Å². The van der Waals surface area contributed by atoms with E-state index in [1.54, 1.807) is 0 Å². The highest BCUT2D eigenvalue weighted by molar-refractivity contribution is 5.82. The number of aliphatic hydroxyl groups excluding tert-OH is 1. The SMILES string of the molecule is O=C(C1Cc2ccccc2CN1)N1CCC(CCO)C1. The molecule has 2 aliphatic heterocycles. The Morgan fingerprint density at radius 2 is 2.15 bits per heavy atom. The predicted molar refractivity (Wildman–Crippen MR) is 77.2 cm³/mol. The van der Waals surface area contributed by atoms with E-state index in [0.717, 1.165) is 38.9 Å². The maximum absolute atomic E-state index is 12.6. The van der Waals surface area contributed by atoms with Gasteiger partial charge in [0, 0.05) is 26.2 Å². The summed E-state index contributed by atoms with van der Waals surface area (Å²) in [6.45, 7) is 2.64. The highest BCUT2D eigenvalue weighted by atomic mass is 16.3. The number of hydrogen-bond donors (Lipinski definition) is 2. The number of aliphatic hydroxyl groups is 1. The van der Waals surface area contributed by atoms with Crippen LogP contribution >= 0.6 is 0 Å². The maximum atomic E-state index is 12.6. The minimum atomic E-state index is -0.0854. The Labute approximate surface area is 119 Å². The third-order valence-corrected chi connectivity index (χ3v) is 4.51. The monoisotopic (exact) mass is 274 g/mol. The van der Waals surface area contributed by atoms with E-state index in [0.29, 0.717) is 5.92 Å². The third kappa shape index (κ3) is 2.72.